The highest BCUT2D eigenvalue weighted by Gasteiger charge is 2.16. The second-order valence-electron chi connectivity index (χ2n) is 7.00. The minimum atomic E-state index is -0.497. The lowest BCUT2D eigenvalue weighted by atomic mass is 10.2. The van der Waals surface area contributed by atoms with Gasteiger partial charge in [0, 0.05) is 23.4 Å². The number of carbonyl (C=O) groups excluding carboxylic acids is 1. The third-order valence-corrected chi connectivity index (χ3v) is 5.17. The monoisotopic (exact) mass is 501 g/mol. The van der Waals surface area contributed by atoms with Crippen molar-refractivity contribution in [1.82, 2.24) is 9.66 Å². The molecule has 3 aromatic rings. The number of hydrogen-bond acceptors (Lipinski definition) is 7. The number of nitrogens with zero attached hydrogens (tertiary/aromatic N) is 3. The zero-order valence-electron chi connectivity index (χ0n) is 18.3. The summed E-state index contributed by atoms with van der Waals surface area (Å²) < 4.78 is 18.0. The zero-order chi connectivity index (χ0) is 23.3. The molecule has 0 fully saturated rings. The fourth-order valence-corrected chi connectivity index (χ4v) is 3.52. The second kappa shape index (κ2) is 10.4. The average molecular weight is 502 g/mol. The summed E-state index contributed by atoms with van der Waals surface area (Å²) in [5.41, 5.74) is 0.969. The Morgan fingerprint density at radius 1 is 1.19 bits per heavy atom. The molecule has 0 radical (unpaired) electrons. The van der Waals surface area contributed by atoms with Crippen molar-refractivity contribution in [3.05, 3.63) is 56.5 Å². The van der Waals surface area contributed by atoms with Crippen LogP contribution in [0.5, 0.6) is 17.2 Å². The smallest absolute Gasteiger partial charge is 0.308 e. The molecule has 168 valence electrons. The first-order chi connectivity index (χ1) is 15.4. The van der Waals surface area contributed by atoms with E-state index < -0.39 is 5.97 Å². The van der Waals surface area contributed by atoms with E-state index in [4.69, 9.17) is 14.2 Å². The summed E-state index contributed by atoms with van der Waals surface area (Å²) in [5.74, 6) is 0.875. The van der Waals surface area contributed by atoms with Gasteiger partial charge in [-0.15, -0.1) is 0 Å². The van der Waals surface area contributed by atoms with Gasteiger partial charge in [-0.1, -0.05) is 29.3 Å². The molecule has 3 rings (SSSR count). The lowest BCUT2D eigenvalue weighted by Crippen LogP contribution is -2.22. The molecule has 0 N–H and O–H groups in total. The van der Waals surface area contributed by atoms with Crippen LogP contribution in [0, 0.1) is 0 Å². The van der Waals surface area contributed by atoms with E-state index in [9.17, 15) is 9.59 Å². The number of rotatable bonds is 8. The molecule has 0 bridgehead atoms. The topological polar surface area (TPSA) is 92.0 Å². The summed E-state index contributed by atoms with van der Waals surface area (Å²) >= 11 is 3.40. The standard InChI is InChI=1S/C23H24BrN3O5/c1-5-6-7-21-26-18-9-8-16(24)12-17(18)23(29)27(21)25-13-15-10-19(30-3)22(32-14(2)28)20(11-15)31-4/h8-13H,5-7H2,1-4H3. The van der Waals surface area contributed by atoms with Gasteiger partial charge in [0.2, 0.25) is 5.75 Å². The van der Waals surface area contributed by atoms with Crippen LogP contribution in [-0.2, 0) is 11.2 Å². The van der Waals surface area contributed by atoms with Gasteiger partial charge in [0.15, 0.2) is 11.5 Å². The van der Waals surface area contributed by atoms with E-state index in [1.807, 2.05) is 12.1 Å². The molecule has 0 unspecified atom stereocenters. The Bertz CT molecular complexity index is 1210. The molecule has 0 spiro atoms. The van der Waals surface area contributed by atoms with Crippen molar-refractivity contribution in [3.63, 3.8) is 0 Å². The number of ether oxygens (including phenoxy) is 3. The third kappa shape index (κ3) is 5.16. The molecule has 1 heterocycles. The maximum atomic E-state index is 13.2. The van der Waals surface area contributed by atoms with Crippen LogP contribution in [0.25, 0.3) is 10.9 Å². The predicted molar refractivity (Wildman–Crippen MR) is 126 cm³/mol. The number of methoxy groups -OCH3 is 2. The van der Waals surface area contributed by atoms with Crippen molar-refractivity contribution in [1.29, 1.82) is 0 Å². The summed E-state index contributed by atoms with van der Waals surface area (Å²) in [7, 11) is 2.92. The largest absolute Gasteiger partial charge is 0.493 e. The van der Waals surface area contributed by atoms with Crippen LogP contribution >= 0.6 is 15.9 Å². The van der Waals surface area contributed by atoms with E-state index >= 15 is 0 Å². The molecule has 0 saturated carbocycles. The summed E-state index contributed by atoms with van der Waals surface area (Å²) in [6.07, 6.45) is 3.98. The first-order valence-electron chi connectivity index (χ1n) is 10.1. The van der Waals surface area contributed by atoms with Crippen LogP contribution in [0.15, 0.2) is 44.7 Å². The number of aromatic nitrogens is 2. The number of halogens is 1. The predicted octanol–water partition coefficient (Wildman–Crippen LogP) is 4.33. The van der Waals surface area contributed by atoms with Crippen molar-refractivity contribution in [2.24, 2.45) is 5.10 Å². The highest BCUT2D eigenvalue weighted by Crippen LogP contribution is 2.38. The van der Waals surface area contributed by atoms with Gasteiger partial charge < -0.3 is 14.2 Å². The van der Waals surface area contributed by atoms with Crippen molar-refractivity contribution in [2.75, 3.05) is 14.2 Å². The minimum Gasteiger partial charge on any atom is -0.493 e. The third-order valence-electron chi connectivity index (χ3n) is 4.68. The number of carbonyl (C=O) groups is 1. The number of unbranched alkanes of at least 4 members (excludes halogenated alkanes) is 1. The number of fused-ring (bicyclic) bond motifs is 1. The van der Waals surface area contributed by atoms with E-state index in [1.165, 1.54) is 32.0 Å². The Labute approximate surface area is 194 Å². The van der Waals surface area contributed by atoms with Gasteiger partial charge in [-0.25, -0.2) is 4.98 Å². The average Bonchev–Trinajstić information content (AvgIpc) is 2.77. The van der Waals surface area contributed by atoms with Crippen LogP contribution in [-0.4, -0.2) is 36.1 Å². The molecule has 0 aliphatic carbocycles. The number of hydrogen-bond donors (Lipinski definition) is 0. The summed E-state index contributed by atoms with van der Waals surface area (Å²) in [4.78, 5) is 29.3. The summed E-state index contributed by atoms with van der Waals surface area (Å²) in [6.45, 7) is 3.37. The van der Waals surface area contributed by atoms with E-state index in [0.717, 1.165) is 17.3 Å². The van der Waals surface area contributed by atoms with E-state index in [-0.39, 0.29) is 11.3 Å². The van der Waals surface area contributed by atoms with Crippen LogP contribution < -0.4 is 19.8 Å². The van der Waals surface area contributed by atoms with Crippen LogP contribution in [0.2, 0.25) is 0 Å². The van der Waals surface area contributed by atoms with Crippen molar-refractivity contribution < 1.29 is 19.0 Å². The second-order valence-corrected chi connectivity index (χ2v) is 7.92. The maximum absolute atomic E-state index is 13.2. The molecule has 32 heavy (non-hydrogen) atoms. The quantitative estimate of drug-likeness (QED) is 0.259. The van der Waals surface area contributed by atoms with Gasteiger partial charge in [0.25, 0.3) is 5.56 Å². The number of aryl methyl sites for hydroxylation is 1. The van der Waals surface area contributed by atoms with Gasteiger partial charge in [-0.05, 0) is 36.8 Å². The summed E-state index contributed by atoms with van der Waals surface area (Å²) in [6, 6.07) is 8.70. The fourth-order valence-electron chi connectivity index (χ4n) is 3.15. The van der Waals surface area contributed by atoms with Crippen molar-refractivity contribution in [3.8, 4) is 17.2 Å². The SMILES string of the molecule is CCCCc1nc2ccc(Br)cc2c(=O)n1N=Cc1cc(OC)c(OC(C)=O)c(OC)c1. The summed E-state index contributed by atoms with van der Waals surface area (Å²) in [5, 5.41) is 4.90. The first kappa shape index (κ1) is 23.5. The molecule has 0 aliphatic rings. The van der Waals surface area contributed by atoms with Gasteiger partial charge in [-0.3, -0.25) is 9.59 Å². The van der Waals surface area contributed by atoms with Gasteiger partial charge in [-0.2, -0.15) is 9.78 Å². The number of esters is 1. The van der Waals surface area contributed by atoms with Crippen LogP contribution in [0.3, 0.4) is 0 Å². The molecule has 2 aromatic carbocycles. The molecule has 0 saturated heterocycles. The number of benzene rings is 2. The lowest BCUT2D eigenvalue weighted by molar-refractivity contribution is -0.132. The van der Waals surface area contributed by atoms with Gasteiger partial charge in [0.1, 0.15) is 5.82 Å². The highest BCUT2D eigenvalue weighted by molar-refractivity contribution is 9.10. The lowest BCUT2D eigenvalue weighted by Gasteiger charge is -2.13. The van der Waals surface area contributed by atoms with E-state index in [2.05, 4.69) is 32.9 Å². The minimum absolute atomic E-state index is 0.178. The normalized spacial score (nSPS) is 11.2. The van der Waals surface area contributed by atoms with Gasteiger partial charge >= 0.3 is 5.97 Å². The molecular weight excluding hydrogens is 478 g/mol. The zero-order valence-corrected chi connectivity index (χ0v) is 19.9. The molecule has 0 atom stereocenters. The molecule has 1 aromatic heterocycles. The molecule has 9 heteroatoms. The Morgan fingerprint density at radius 2 is 1.88 bits per heavy atom. The Kier molecular flexibility index (Phi) is 7.63. The fraction of sp³-hybridized carbons (Fsp3) is 0.304. The van der Waals surface area contributed by atoms with Crippen molar-refractivity contribution in [2.45, 2.75) is 33.1 Å². The molecule has 0 amide bonds. The molecule has 8 nitrogen and oxygen atoms in total. The van der Waals surface area contributed by atoms with Gasteiger partial charge in [0.05, 0.1) is 31.3 Å². The maximum Gasteiger partial charge on any atom is 0.308 e. The molecular formula is C23H24BrN3O5. The Balaban J connectivity index is 2.11. The Hall–Kier alpha value is -3.20. The van der Waals surface area contributed by atoms with E-state index in [0.29, 0.717) is 40.2 Å². The van der Waals surface area contributed by atoms with E-state index in [1.54, 1.807) is 18.2 Å². The van der Waals surface area contributed by atoms with Crippen molar-refractivity contribution >= 4 is 39.0 Å². The molecule has 0 aliphatic heterocycles. The first-order valence-corrected chi connectivity index (χ1v) is 10.9. The highest BCUT2D eigenvalue weighted by atomic mass is 79.9. The van der Waals surface area contributed by atoms with Crippen LogP contribution in [0.4, 0.5) is 0 Å². The Morgan fingerprint density at radius 3 is 2.47 bits per heavy atom. The van der Waals surface area contributed by atoms with Crippen LogP contribution in [0.1, 0.15) is 38.1 Å².